The molecule has 8 heteroatoms. The number of likely N-dealkylation sites (N-methyl/N-ethyl adjacent to an activating group) is 1. The quantitative estimate of drug-likeness (QED) is 0.542. The van der Waals surface area contributed by atoms with E-state index in [1.165, 1.54) is 19.1 Å². The number of ether oxygens (including phenoxy) is 4. The van der Waals surface area contributed by atoms with Gasteiger partial charge in [0.15, 0.2) is 6.61 Å². The summed E-state index contributed by atoms with van der Waals surface area (Å²) in [5.41, 5.74) is 0.850. The molecule has 0 heterocycles. The van der Waals surface area contributed by atoms with Crippen molar-refractivity contribution in [2.24, 2.45) is 0 Å². The molecule has 0 spiro atoms. The number of amides is 2. The first-order valence-electron chi connectivity index (χ1n) is 10.5. The molecule has 0 fully saturated rings. The van der Waals surface area contributed by atoms with E-state index in [4.69, 9.17) is 18.9 Å². The molecule has 0 bridgehead atoms. The summed E-state index contributed by atoms with van der Waals surface area (Å²) in [7, 11) is 4.66. The topological polar surface area (TPSA) is 86.3 Å². The van der Waals surface area contributed by atoms with Crippen molar-refractivity contribution in [3.05, 3.63) is 48.0 Å². The average molecular weight is 445 g/mol. The van der Waals surface area contributed by atoms with Crippen molar-refractivity contribution in [3.8, 4) is 23.0 Å². The van der Waals surface area contributed by atoms with E-state index in [1.807, 2.05) is 38.1 Å². The summed E-state index contributed by atoms with van der Waals surface area (Å²) in [6.45, 7) is 4.21. The van der Waals surface area contributed by atoms with Gasteiger partial charge in [0.2, 0.25) is 5.91 Å². The Morgan fingerprint density at radius 3 is 2.09 bits per heavy atom. The number of nitrogens with zero attached hydrogens (tertiary/aromatic N) is 1. The maximum atomic E-state index is 13.2. The van der Waals surface area contributed by atoms with Gasteiger partial charge in [0.25, 0.3) is 5.91 Å². The minimum Gasteiger partial charge on any atom is -0.497 e. The fraction of sp³-hybridized carbons (Fsp3) is 0.417. The van der Waals surface area contributed by atoms with Gasteiger partial charge in [0, 0.05) is 31.3 Å². The third-order valence-electron chi connectivity index (χ3n) is 4.91. The predicted molar refractivity (Wildman–Crippen MR) is 121 cm³/mol. The van der Waals surface area contributed by atoms with Crippen LogP contribution in [0.25, 0.3) is 0 Å². The lowest BCUT2D eigenvalue weighted by Gasteiger charge is -2.30. The molecule has 2 amide bonds. The van der Waals surface area contributed by atoms with Gasteiger partial charge in [-0.25, -0.2) is 0 Å². The van der Waals surface area contributed by atoms with Gasteiger partial charge < -0.3 is 29.2 Å². The van der Waals surface area contributed by atoms with E-state index in [2.05, 4.69) is 5.32 Å². The molecule has 2 rings (SSSR count). The first-order valence-corrected chi connectivity index (χ1v) is 10.5. The molecular weight excluding hydrogens is 412 g/mol. The summed E-state index contributed by atoms with van der Waals surface area (Å²) in [5.74, 6) is 1.70. The average Bonchev–Trinajstić information content (AvgIpc) is 2.82. The molecule has 8 nitrogen and oxygen atoms in total. The van der Waals surface area contributed by atoms with Gasteiger partial charge in [-0.2, -0.15) is 0 Å². The molecule has 1 atom stereocenters. The molecule has 2 aromatic rings. The van der Waals surface area contributed by atoms with Crippen molar-refractivity contribution in [3.63, 3.8) is 0 Å². The lowest BCUT2D eigenvalue weighted by atomic mass is 10.1. The summed E-state index contributed by atoms with van der Waals surface area (Å²) < 4.78 is 21.5. The van der Waals surface area contributed by atoms with Gasteiger partial charge in [-0.3, -0.25) is 9.59 Å². The van der Waals surface area contributed by atoms with Gasteiger partial charge in [0.05, 0.1) is 21.3 Å². The Morgan fingerprint density at radius 1 is 0.906 bits per heavy atom. The van der Waals surface area contributed by atoms with Crippen LogP contribution in [-0.4, -0.2) is 57.2 Å². The molecule has 0 aromatic heterocycles. The Balaban J connectivity index is 2.25. The van der Waals surface area contributed by atoms with Crippen molar-refractivity contribution in [1.82, 2.24) is 10.2 Å². The van der Waals surface area contributed by atoms with Crippen LogP contribution in [0.4, 0.5) is 0 Å². The smallest absolute Gasteiger partial charge is 0.261 e. The largest absolute Gasteiger partial charge is 0.497 e. The summed E-state index contributed by atoms with van der Waals surface area (Å²) >= 11 is 0. The summed E-state index contributed by atoms with van der Waals surface area (Å²) in [6, 6.07) is 11.8. The van der Waals surface area contributed by atoms with Gasteiger partial charge in [0.1, 0.15) is 29.0 Å². The first kappa shape index (κ1) is 24.8. The molecule has 0 aliphatic heterocycles. The van der Waals surface area contributed by atoms with Crippen molar-refractivity contribution >= 4 is 11.8 Å². The van der Waals surface area contributed by atoms with Crippen molar-refractivity contribution in [1.29, 1.82) is 0 Å². The zero-order chi connectivity index (χ0) is 23.5. The van der Waals surface area contributed by atoms with Crippen LogP contribution in [0, 0.1) is 0 Å². The van der Waals surface area contributed by atoms with E-state index in [9.17, 15) is 9.59 Å². The van der Waals surface area contributed by atoms with E-state index in [-0.39, 0.29) is 25.0 Å². The molecule has 1 N–H and O–H groups in total. The number of benzene rings is 2. The molecule has 2 aromatic carbocycles. The van der Waals surface area contributed by atoms with Gasteiger partial charge in [-0.05, 0) is 31.0 Å². The molecule has 0 unspecified atom stereocenters. The van der Waals surface area contributed by atoms with Crippen molar-refractivity contribution in [2.45, 2.75) is 32.9 Å². The van der Waals surface area contributed by atoms with E-state index in [0.717, 1.165) is 5.56 Å². The number of carbonyl (C=O) groups excluding carboxylic acids is 2. The van der Waals surface area contributed by atoms with Crippen LogP contribution >= 0.6 is 0 Å². The molecule has 0 radical (unpaired) electrons. The third kappa shape index (κ3) is 6.80. The van der Waals surface area contributed by atoms with Crippen LogP contribution in [0.3, 0.4) is 0 Å². The second kappa shape index (κ2) is 12.4. The van der Waals surface area contributed by atoms with Gasteiger partial charge >= 0.3 is 0 Å². The fourth-order valence-corrected chi connectivity index (χ4v) is 3.27. The van der Waals surface area contributed by atoms with Crippen LogP contribution in [0.5, 0.6) is 23.0 Å². The SMILES string of the molecule is CCNC(=O)[C@H](CC)N(Cc1cccc(OC)c1)C(=O)COc1cc(OC)cc(OC)c1. The highest BCUT2D eigenvalue weighted by Crippen LogP contribution is 2.27. The molecule has 0 aliphatic rings. The zero-order valence-corrected chi connectivity index (χ0v) is 19.3. The van der Waals surface area contributed by atoms with E-state index < -0.39 is 6.04 Å². The van der Waals surface area contributed by atoms with Crippen LogP contribution < -0.4 is 24.3 Å². The standard InChI is InChI=1S/C24H32N2O6/c1-6-22(24(28)25-7-2)26(15-17-9-8-10-18(11-17)29-3)23(27)16-32-21-13-19(30-4)12-20(14-21)31-5/h8-14,22H,6-7,15-16H2,1-5H3,(H,25,28)/t22-/m0/s1. The number of methoxy groups -OCH3 is 3. The molecule has 174 valence electrons. The zero-order valence-electron chi connectivity index (χ0n) is 19.3. The highest BCUT2D eigenvalue weighted by atomic mass is 16.5. The highest BCUT2D eigenvalue weighted by Gasteiger charge is 2.28. The second-order valence-corrected chi connectivity index (χ2v) is 7.03. The van der Waals surface area contributed by atoms with Gasteiger partial charge in [-0.15, -0.1) is 0 Å². The number of carbonyl (C=O) groups is 2. The van der Waals surface area contributed by atoms with Gasteiger partial charge in [-0.1, -0.05) is 19.1 Å². The normalized spacial score (nSPS) is 11.3. The highest BCUT2D eigenvalue weighted by molar-refractivity contribution is 5.88. The third-order valence-corrected chi connectivity index (χ3v) is 4.91. The maximum absolute atomic E-state index is 13.2. The predicted octanol–water partition coefficient (Wildman–Crippen LogP) is 3.03. The van der Waals surface area contributed by atoms with Crippen LogP contribution in [0.2, 0.25) is 0 Å². The number of hydrogen-bond donors (Lipinski definition) is 1. The lowest BCUT2D eigenvalue weighted by Crippen LogP contribution is -2.50. The Bertz CT molecular complexity index is 880. The van der Waals surface area contributed by atoms with Crippen molar-refractivity contribution < 1.29 is 28.5 Å². The van der Waals surface area contributed by atoms with E-state index in [1.54, 1.807) is 25.3 Å². The lowest BCUT2D eigenvalue weighted by molar-refractivity contribution is -0.142. The fourth-order valence-electron chi connectivity index (χ4n) is 3.27. The molecule has 0 saturated heterocycles. The summed E-state index contributed by atoms with van der Waals surface area (Å²) in [5, 5.41) is 2.81. The Labute approximate surface area is 189 Å². The second-order valence-electron chi connectivity index (χ2n) is 7.03. The summed E-state index contributed by atoms with van der Waals surface area (Å²) in [6.07, 6.45) is 0.467. The minimum atomic E-state index is -0.628. The van der Waals surface area contributed by atoms with Crippen LogP contribution in [-0.2, 0) is 16.1 Å². The van der Waals surface area contributed by atoms with Crippen LogP contribution in [0.15, 0.2) is 42.5 Å². The van der Waals surface area contributed by atoms with Crippen LogP contribution in [0.1, 0.15) is 25.8 Å². The Kier molecular flexibility index (Phi) is 9.66. The number of rotatable bonds is 12. The number of nitrogens with one attached hydrogen (secondary N) is 1. The van der Waals surface area contributed by atoms with E-state index >= 15 is 0 Å². The number of hydrogen-bond acceptors (Lipinski definition) is 6. The molecular formula is C24H32N2O6. The monoisotopic (exact) mass is 444 g/mol. The Morgan fingerprint density at radius 2 is 1.53 bits per heavy atom. The molecule has 32 heavy (non-hydrogen) atoms. The Hall–Kier alpha value is -3.42. The first-order chi connectivity index (χ1) is 15.4. The molecule has 0 aliphatic carbocycles. The van der Waals surface area contributed by atoms with Crippen molar-refractivity contribution in [2.75, 3.05) is 34.5 Å². The summed E-state index contributed by atoms with van der Waals surface area (Å²) in [4.78, 5) is 27.4. The van der Waals surface area contributed by atoms with E-state index in [0.29, 0.717) is 36.0 Å². The minimum absolute atomic E-state index is 0.200. The molecule has 0 saturated carbocycles. The maximum Gasteiger partial charge on any atom is 0.261 e.